The molecule has 0 amide bonds. The van der Waals surface area contributed by atoms with E-state index in [1.54, 1.807) is 6.92 Å². The molecule has 4 heteroatoms. The Kier molecular flexibility index (Phi) is 2.20. The van der Waals surface area contributed by atoms with Crippen LogP contribution in [-0.2, 0) is 13.6 Å². The lowest BCUT2D eigenvalue weighted by Gasteiger charge is -2.07. The summed E-state index contributed by atoms with van der Waals surface area (Å²) in [6.45, 7) is 1.90. The normalized spacial score (nSPS) is 30.6. The third kappa shape index (κ3) is 1.25. The van der Waals surface area contributed by atoms with Crippen LogP contribution in [0.4, 0.5) is 0 Å². The van der Waals surface area contributed by atoms with Crippen LogP contribution < -0.4 is 0 Å². The molecule has 1 aliphatic heterocycles. The van der Waals surface area contributed by atoms with Gasteiger partial charge in [0.05, 0.1) is 11.9 Å². The van der Waals surface area contributed by atoms with Gasteiger partial charge in [-0.15, -0.1) is 6.42 Å². The maximum Gasteiger partial charge on any atom is 0.358 e. The molecule has 0 aliphatic carbocycles. The monoisotopic (exact) mass is 172 g/mol. The average molecular weight is 172 g/mol. The van der Waals surface area contributed by atoms with Gasteiger partial charge in [0.15, 0.2) is 0 Å². The molecule has 0 aromatic heterocycles. The van der Waals surface area contributed by atoms with Gasteiger partial charge < -0.3 is 4.52 Å². The van der Waals surface area contributed by atoms with Crippen LogP contribution in [0.2, 0.25) is 0 Å². The first-order valence-electron chi connectivity index (χ1n) is 3.11. The lowest BCUT2D eigenvalue weighted by atomic mass is 10.3. The smallest absolute Gasteiger partial charge is 0.309 e. The molecule has 0 radical (unpaired) electrons. The van der Waals surface area contributed by atoms with Crippen LogP contribution in [-0.4, -0.2) is 13.7 Å². The van der Waals surface area contributed by atoms with Gasteiger partial charge in [-0.05, 0) is 6.92 Å². The molecular formula is C7H9O3P. The van der Waals surface area contributed by atoms with E-state index in [4.69, 9.17) is 15.5 Å². The van der Waals surface area contributed by atoms with Gasteiger partial charge in [-0.1, -0.05) is 5.92 Å². The first kappa shape index (κ1) is 8.55. The molecule has 0 fully saturated rings. The second-order valence-electron chi connectivity index (χ2n) is 2.16. The van der Waals surface area contributed by atoms with E-state index in [0.29, 0.717) is 10.9 Å². The predicted molar refractivity (Wildman–Crippen MR) is 42.1 cm³/mol. The van der Waals surface area contributed by atoms with Crippen molar-refractivity contribution < 1.29 is 13.6 Å². The van der Waals surface area contributed by atoms with Crippen molar-refractivity contribution >= 4 is 7.60 Å². The second-order valence-corrected chi connectivity index (χ2v) is 4.45. The summed E-state index contributed by atoms with van der Waals surface area (Å²) in [4.78, 5) is 0. The average Bonchev–Trinajstić information content (AvgIpc) is 2.31. The number of hydrogen-bond donors (Lipinski definition) is 0. The third-order valence-corrected chi connectivity index (χ3v) is 3.68. The van der Waals surface area contributed by atoms with E-state index in [1.165, 1.54) is 7.11 Å². The van der Waals surface area contributed by atoms with Gasteiger partial charge >= 0.3 is 7.60 Å². The van der Waals surface area contributed by atoms with Crippen molar-refractivity contribution in [3.63, 3.8) is 0 Å². The molecule has 3 nitrogen and oxygen atoms in total. The summed E-state index contributed by atoms with van der Waals surface area (Å²) in [5, 5.41) is 0.558. The van der Waals surface area contributed by atoms with Crippen molar-refractivity contribution in [2.45, 2.75) is 6.92 Å². The van der Waals surface area contributed by atoms with Crippen molar-refractivity contribution in [2.24, 2.45) is 0 Å². The highest BCUT2D eigenvalue weighted by Gasteiger charge is 2.34. The molecule has 60 valence electrons. The fourth-order valence-corrected chi connectivity index (χ4v) is 2.18. The van der Waals surface area contributed by atoms with Gasteiger partial charge in [-0.2, -0.15) is 0 Å². The van der Waals surface area contributed by atoms with Gasteiger partial charge in [0.25, 0.3) is 0 Å². The van der Waals surface area contributed by atoms with Crippen LogP contribution in [0.15, 0.2) is 10.9 Å². The molecule has 0 saturated heterocycles. The maximum absolute atomic E-state index is 11.5. The Bertz CT molecular complexity index is 285. The Morgan fingerprint density at radius 2 is 2.45 bits per heavy atom. The van der Waals surface area contributed by atoms with Crippen LogP contribution >= 0.6 is 7.60 Å². The van der Waals surface area contributed by atoms with Crippen LogP contribution in [0.5, 0.6) is 0 Å². The van der Waals surface area contributed by atoms with Gasteiger partial charge in [-0.3, -0.25) is 9.09 Å². The molecule has 1 rings (SSSR count). The number of rotatable bonds is 1. The van der Waals surface area contributed by atoms with Crippen molar-refractivity contribution in [2.75, 3.05) is 13.7 Å². The third-order valence-electron chi connectivity index (χ3n) is 1.64. The summed E-state index contributed by atoms with van der Waals surface area (Å²) in [5.74, 6) is 2.41. The first-order chi connectivity index (χ1) is 5.14. The molecule has 0 aromatic carbocycles. The first-order valence-corrected chi connectivity index (χ1v) is 4.65. The minimum atomic E-state index is -2.98. The maximum atomic E-state index is 11.5. The quantitative estimate of drug-likeness (QED) is 0.446. The Balaban J connectivity index is 3.06. The molecule has 1 unspecified atom stereocenters. The van der Waals surface area contributed by atoms with Gasteiger partial charge in [0.2, 0.25) is 0 Å². The van der Waals surface area contributed by atoms with E-state index < -0.39 is 7.60 Å². The fraction of sp³-hybridized carbons (Fsp3) is 0.429. The summed E-state index contributed by atoms with van der Waals surface area (Å²) in [6.07, 6.45) is 5.14. The minimum absolute atomic E-state index is 0.230. The Labute approximate surface area is 65.9 Å². The number of allylic oxidation sites excluding steroid dienone is 1. The van der Waals surface area contributed by atoms with Crippen LogP contribution in [0.25, 0.3) is 0 Å². The summed E-state index contributed by atoms with van der Waals surface area (Å²) >= 11 is 0. The molecule has 1 atom stereocenters. The van der Waals surface area contributed by atoms with Crippen LogP contribution in [0, 0.1) is 12.3 Å². The predicted octanol–water partition coefficient (Wildman–Crippen LogP) is 1.76. The summed E-state index contributed by atoms with van der Waals surface area (Å²) in [5.41, 5.74) is 0.634. The highest BCUT2D eigenvalue weighted by Crippen LogP contribution is 2.60. The van der Waals surface area contributed by atoms with Crippen molar-refractivity contribution in [3.05, 3.63) is 10.9 Å². The fourth-order valence-electron chi connectivity index (χ4n) is 0.852. The van der Waals surface area contributed by atoms with Crippen molar-refractivity contribution in [1.82, 2.24) is 0 Å². The van der Waals surface area contributed by atoms with E-state index in [-0.39, 0.29) is 6.61 Å². The Morgan fingerprint density at radius 1 is 1.82 bits per heavy atom. The van der Waals surface area contributed by atoms with Gasteiger partial charge in [-0.25, -0.2) is 0 Å². The van der Waals surface area contributed by atoms with Crippen LogP contribution in [0.3, 0.4) is 0 Å². The van der Waals surface area contributed by atoms with Crippen molar-refractivity contribution in [3.8, 4) is 12.3 Å². The molecule has 1 heterocycles. The van der Waals surface area contributed by atoms with Gasteiger partial charge in [0.1, 0.15) is 0 Å². The molecule has 1 aliphatic rings. The molecule has 11 heavy (non-hydrogen) atoms. The zero-order valence-corrected chi connectivity index (χ0v) is 7.35. The molecule has 0 aromatic rings. The number of hydrogen-bond acceptors (Lipinski definition) is 3. The topological polar surface area (TPSA) is 35.5 Å². The standard InChI is InChI=1S/C7H9O3P/c1-4-7-5-10-11(8,9-3)6(7)2/h1H,5H2,2-3H3. The highest BCUT2D eigenvalue weighted by atomic mass is 31.2. The molecule has 0 spiro atoms. The van der Waals surface area contributed by atoms with E-state index in [0.717, 1.165) is 0 Å². The number of terminal acetylenes is 1. The Hall–Kier alpha value is -0.550. The lowest BCUT2D eigenvalue weighted by molar-refractivity contribution is 0.270. The second kappa shape index (κ2) is 2.83. The van der Waals surface area contributed by atoms with Gasteiger partial charge in [0, 0.05) is 12.7 Å². The van der Waals surface area contributed by atoms with E-state index >= 15 is 0 Å². The van der Waals surface area contributed by atoms with E-state index in [9.17, 15) is 4.57 Å². The molecule has 0 N–H and O–H groups in total. The minimum Gasteiger partial charge on any atom is -0.309 e. The Morgan fingerprint density at radius 3 is 2.73 bits per heavy atom. The van der Waals surface area contributed by atoms with E-state index in [1.807, 2.05) is 0 Å². The van der Waals surface area contributed by atoms with Crippen LogP contribution in [0.1, 0.15) is 6.92 Å². The largest absolute Gasteiger partial charge is 0.358 e. The summed E-state index contributed by atoms with van der Waals surface area (Å²) in [7, 11) is -1.63. The summed E-state index contributed by atoms with van der Waals surface area (Å²) < 4.78 is 21.1. The summed E-state index contributed by atoms with van der Waals surface area (Å²) in [6, 6.07) is 0. The zero-order chi connectivity index (χ0) is 8.48. The van der Waals surface area contributed by atoms with E-state index in [2.05, 4.69) is 5.92 Å². The SMILES string of the molecule is C#CC1=C(C)P(=O)(OC)OC1. The molecule has 0 bridgehead atoms. The molecular weight excluding hydrogens is 163 g/mol. The van der Waals surface area contributed by atoms with Crippen molar-refractivity contribution in [1.29, 1.82) is 0 Å². The zero-order valence-electron chi connectivity index (χ0n) is 6.46. The molecule has 0 saturated carbocycles. The highest BCUT2D eigenvalue weighted by molar-refractivity contribution is 7.58. The lowest BCUT2D eigenvalue weighted by Crippen LogP contribution is -1.84.